The third-order valence-corrected chi connectivity index (χ3v) is 3.94. The van der Waals surface area contributed by atoms with Gasteiger partial charge in [0.15, 0.2) is 5.65 Å². The molecule has 4 rings (SSSR count). The summed E-state index contributed by atoms with van der Waals surface area (Å²) < 4.78 is 41.3. The molecule has 0 fully saturated rings. The van der Waals surface area contributed by atoms with Gasteiger partial charge in [-0.15, -0.1) is 0 Å². The largest absolute Gasteiger partial charge is 0.417 e. The van der Waals surface area contributed by atoms with Crippen molar-refractivity contribution in [1.29, 1.82) is 0 Å². The lowest BCUT2D eigenvalue weighted by molar-refractivity contribution is -0.137. The summed E-state index contributed by atoms with van der Waals surface area (Å²) in [5, 5.41) is 6.66. The van der Waals surface area contributed by atoms with Crippen molar-refractivity contribution in [3.8, 4) is 11.3 Å². The highest BCUT2D eigenvalue weighted by atomic mass is 19.4. The van der Waals surface area contributed by atoms with Gasteiger partial charge in [0.25, 0.3) is 5.91 Å². The molecule has 28 heavy (non-hydrogen) atoms. The van der Waals surface area contributed by atoms with Crippen molar-refractivity contribution in [3.63, 3.8) is 0 Å². The molecule has 0 bridgehead atoms. The van der Waals surface area contributed by atoms with Crippen LogP contribution in [0.25, 0.3) is 16.9 Å². The summed E-state index contributed by atoms with van der Waals surface area (Å²) in [4.78, 5) is 24.1. The van der Waals surface area contributed by atoms with Gasteiger partial charge in [-0.2, -0.15) is 18.3 Å². The van der Waals surface area contributed by atoms with E-state index in [-0.39, 0.29) is 28.3 Å². The molecule has 0 saturated heterocycles. The number of amides is 1. The zero-order valence-corrected chi connectivity index (χ0v) is 14.1. The first-order valence-electron chi connectivity index (χ1n) is 8.02. The fourth-order valence-electron chi connectivity index (χ4n) is 2.67. The van der Waals surface area contributed by atoms with Crippen LogP contribution in [-0.4, -0.2) is 30.5 Å². The molecule has 1 aromatic carbocycles. The van der Waals surface area contributed by atoms with Crippen molar-refractivity contribution < 1.29 is 18.0 Å². The minimum atomic E-state index is -4.52. The number of alkyl halides is 3. The van der Waals surface area contributed by atoms with Crippen LogP contribution in [0.5, 0.6) is 0 Å². The van der Waals surface area contributed by atoms with Crippen LogP contribution in [0.2, 0.25) is 0 Å². The molecule has 3 heterocycles. The van der Waals surface area contributed by atoms with E-state index in [0.29, 0.717) is 0 Å². The van der Waals surface area contributed by atoms with Crippen molar-refractivity contribution in [2.75, 3.05) is 5.32 Å². The zero-order chi connectivity index (χ0) is 19.7. The molecule has 10 heteroatoms. The van der Waals surface area contributed by atoms with Crippen LogP contribution in [-0.2, 0) is 6.18 Å². The average Bonchev–Trinajstić information content (AvgIpc) is 3.10. The first kappa shape index (κ1) is 17.6. The fraction of sp³-hybridized carbons (Fsp3) is 0.0556. The molecular weight excluding hydrogens is 373 g/mol. The van der Waals surface area contributed by atoms with E-state index in [1.807, 2.05) is 0 Å². The van der Waals surface area contributed by atoms with Gasteiger partial charge < -0.3 is 5.32 Å². The minimum Gasteiger partial charge on any atom is -0.316 e. The maximum atomic E-state index is 13.3. The first-order valence-corrected chi connectivity index (χ1v) is 8.02. The SMILES string of the molecule is O=C(Nc1cnn2ccc(-c3ccccc3C(F)(F)F)nc12)c1ccncn1. The molecule has 1 amide bonds. The lowest BCUT2D eigenvalue weighted by atomic mass is 10.0. The highest BCUT2D eigenvalue weighted by molar-refractivity contribution is 6.04. The summed E-state index contributed by atoms with van der Waals surface area (Å²) in [6.07, 6.45) is 0.971. The van der Waals surface area contributed by atoms with E-state index < -0.39 is 17.6 Å². The van der Waals surface area contributed by atoms with Gasteiger partial charge in [-0.05, 0) is 18.2 Å². The number of carbonyl (C=O) groups excluding carboxylic acids is 1. The second-order valence-corrected chi connectivity index (χ2v) is 5.73. The third kappa shape index (κ3) is 3.27. The Kier molecular flexibility index (Phi) is 4.22. The van der Waals surface area contributed by atoms with Gasteiger partial charge >= 0.3 is 6.18 Å². The first-order chi connectivity index (χ1) is 13.4. The fourth-order valence-corrected chi connectivity index (χ4v) is 2.67. The number of nitrogens with zero attached hydrogens (tertiary/aromatic N) is 5. The predicted molar refractivity (Wildman–Crippen MR) is 93.4 cm³/mol. The number of benzene rings is 1. The summed E-state index contributed by atoms with van der Waals surface area (Å²) in [6, 6.07) is 8.02. The number of carbonyl (C=O) groups is 1. The van der Waals surface area contributed by atoms with Gasteiger partial charge in [-0.1, -0.05) is 18.2 Å². The van der Waals surface area contributed by atoms with Gasteiger partial charge in [0.2, 0.25) is 0 Å². The van der Waals surface area contributed by atoms with Crippen LogP contribution in [0.3, 0.4) is 0 Å². The van der Waals surface area contributed by atoms with Gasteiger partial charge in [-0.25, -0.2) is 19.5 Å². The van der Waals surface area contributed by atoms with E-state index in [1.54, 1.807) is 0 Å². The zero-order valence-electron chi connectivity index (χ0n) is 14.1. The molecule has 0 aliphatic heterocycles. The molecular formula is C18H11F3N6O. The smallest absolute Gasteiger partial charge is 0.316 e. The predicted octanol–water partition coefficient (Wildman–Crippen LogP) is 3.46. The van der Waals surface area contributed by atoms with E-state index in [1.165, 1.54) is 59.8 Å². The van der Waals surface area contributed by atoms with E-state index >= 15 is 0 Å². The van der Waals surface area contributed by atoms with Crippen LogP contribution in [0, 0.1) is 0 Å². The molecule has 0 atom stereocenters. The normalized spacial score (nSPS) is 11.5. The minimum absolute atomic E-state index is 0.0632. The maximum Gasteiger partial charge on any atom is 0.417 e. The Morgan fingerprint density at radius 3 is 2.68 bits per heavy atom. The number of hydrogen-bond donors (Lipinski definition) is 1. The standard InChI is InChI=1S/C18H11F3N6O/c19-18(20,21)12-4-2-1-3-11(12)13-6-8-27-16(25-13)15(9-24-27)26-17(28)14-5-7-22-10-23-14/h1-10H,(H,26,28). The van der Waals surface area contributed by atoms with E-state index in [2.05, 4.69) is 25.4 Å². The molecule has 0 radical (unpaired) electrons. The molecule has 140 valence electrons. The van der Waals surface area contributed by atoms with E-state index in [0.717, 1.165) is 6.07 Å². The van der Waals surface area contributed by atoms with Crippen molar-refractivity contribution in [3.05, 3.63) is 72.6 Å². The maximum absolute atomic E-state index is 13.3. The topological polar surface area (TPSA) is 85.1 Å². The highest BCUT2D eigenvalue weighted by Crippen LogP contribution is 2.36. The number of halogens is 3. The molecule has 7 nitrogen and oxygen atoms in total. The molecule has 3 aromatic heterocycles. The number of hydrogen-bond acceptors (Lipinski definition) is 5. The number of aromatic nitrogens is 5. The van der Waals surface area contributed by atoms with Crippen LogP contribution in [0.1, 0.15) is 16.1 Å². The molecule has 1 N–H and O–H groups in total. The van der Waals surface area contributed by atoms with Crippen LogP contribution >= 0.6 is 0 Å². The second-order valence-electron chi connectivity index (χ2n) is 5.73. The Morgan fingerprint density at radius 1 is 1.11 bits per heavy atom. The summed E-state index contributed by atoms with van der Waals surface area (Å²) in [7, 11) is 0. The second kappa shape index (κ2) is 6.72. The summed E-state index contributed by atoms with van der Waals surface area (Å²) >= 11 is 0. The van der Waals surface area contributed by atoms with Crippen molar-refractivity contribution in [2.45, 2.75) is 6.18 Å². The van der Waals surface area contributed by atoms with Gasteiger partial charge in [0, 0.05) is 18.0 Å². The number of fused-ring (bicyclic) bond motifs is 1. The lowest BCUT2D eigenvalue weighted by Crippen LogP contribution is -2.13. The molecule has 4 aromatic rings. The average molecular weight is 384 g/mol. The van der Waals surface area contributed by atoms with Crippen molar-refractivity contribution in [2.24, 2.45) is 0 Å². The number of nitrogens with one attached hydrogen (secondary N) is 1. The lowest BCUT2D eigenvalue weighted by Gasteiger charge is -2.12. The van der Waals surface area contributed by atoms with Crippen molar-refractivity contribution in [1.82, 2.24) is 24.6 Å². The van der Waals surface area contributed by atoms with Crippen molar-refractivity contribution >= 4 is 17.2 Å². The van der Waals surface area contributed by atoms with Crippen LogP contribution in [0.15, 0.2) is 61.3 Å². The van der Waals surface area contributed by atoms with Gasteiger partial charge in [-0.3, -0.25) is 4.79 Å². The number of anilines is 1. The van der Waals surface area contributed by atoms with E-state index in [4.69, 9.17) is 0 Å². The molecule has 0 saturated carbocycles. The Morgan fingerprint density at radius 2 is 1.93 bits per heavy atom. The highest BCUT2D eigenvalue weighted by Gasteiger charge is 2.33. The Balaban J connectivity index is 1.75. The molecule has 0 spiro atoms. The quantitative estimate of drug-likeness (QED) is 0.585. The molecule has 0 aliphatic rings. The number of rotatable bonds is 3. The molecule has 0 unspecified atom stereocenters. The summed E-state index contributed by atoms with van der Waals surface area (Å²) in [5.41, 5.74) is -0.164. The molecule has 0 aliphatic carbocycles. The van der Waals surface area contributed by atoms with Crippen LogP contribution in [0.4, 0.5) is 18.9 Å². The van der Waals surface area contributed by atoms with Gasteiger partial charge in [0.1, 0.15) is 17.7 Å². The summed E-state index contributed by atoms with van der Waals surface area (Å²) in [6.45, 7) is 0. The monoisotopic (exact) mass is 384 g/mol. The van der Waals surface area contributed by atoms with Crippen LogP contribution < -0.4 is 5.32 Å². The summed E-state index contributed by atoms with van der Waals surface area (Å²) in [5.74, 6) is -0.514. The third-order valence-electron chi connectivity index (χ3n) is 3.94. The van der Waals surface area contributed by atoms with E-state index in [9.17, 15) is 18.0 Å². The van der Waals surface area contributed by atoms with Gasteiger partial charge in [0.05, 0.1) is 17.5 Å². The Labute approximate surface area is 155 Å². The Bertz CT molecular complexity index is 1160. The Hall–Kier alpha value is -3.82.